The fourth-order valence-electron chi connectivity index (χ4n) is 1.53. The van der Waals surface area contributed by atoms with Crippen LogP contribution >= 0.6 is 38.9 Å². The van der Waals surface area contributed by atoms with Gasteiger partial charge >= 0.3 is 0 Å². The number of thiophene rings is 1. The minimum Gasteiger partial charge on any atom is -0.437 e. The molecule has 0 atom stereocenters. The van der Waals surface area contributed by atoms with Gasteiger partial charge in [0.2, 0.25) is 11.2 Å². The van der Waals surface area contributed by atoms with Crippen molar-refractivity contribution in [1.29, 1.82) is 0 Å². The van der Waals surface area contributed by atoms with E-state index in [9.17, 15) is 4.39 Å². The number of benzene rings is 1. The highest BCUT2D eigenvalue weighted by atomic mass is 79.9. The van der Waals surface area contributed by atoms with Crippen LogP contribution in [0, 0.1) is 5.82 Å². The third-order valence-corrected chi connectivity index (χ3v) is 4.02. The number of rotatable bonds is 2. The summed E-state index contributed by atoms with van der Waals surface area (Å²) < 4.78 is 19.9. The topological polar surface area (TPSA) is 35.0 Å². The van der Waals surface area contributed by atoms with E-state index >= 15 is 0 Å². The first-order valence-corrected chi connectivity index (χ1v) is 7.22. The lowest BCUT2D eigenvalue weighted by Crippen LogP contribution is -1.91. The van der Waals surface area contributed by atoms with E-state index in [2.05, 4.69) is 25.9 Å². The van der Waals surface area contributed by atoms with E-state index in [0.717, 1.165) is 10.2 Å². The van der Waals surface area contributed by atoms with Gasteiger partial charge in [-0.2, -0.15) is 4.98 Å². The molecule has 0 saturated carbocycles. The summed E-state index contributed by atoms with van der Waals surface area (Å²) in [6, 6.07) is 6.20. The molecule has 0 amide bonds. The molecule has 0 radical (unpaired) electrons. The molecular weight excluding hydrogens is 355 g/mol. The standard InChI is InChI=1S/C12H5BrClFN2OS/c13-7-5-6(1-2-8(7)15)18-11-10-9(3-4-19-10)16-12(14)17-11/h1-5H. The molecule has 19 heavy (non-hydrogen) atoms. The van der Waals surface area contributed by atoms with Crippen molar-refractivity contribution in [2.24, 2.45) is 0 Å². The summed E-state index contributed by atoms with van der Waals surface area (Å²) in [4.78, 5) is 8.14. The molecule has 0 aliphatic rings. The molecule has 0 aliphatic carbocycles. The molecule has 0 saturated heterocycles. The molecule has 0 N–H and O–H groups in total. The van der Waals surface area contributed by atoms with Crippen LogP contribution in [0.1, 0.15) is 0 Å². The quantitative estimate of drug-likeness (QED) is 0.601. The van der Waals surface area contributed by atoms with Gasteiger partial charge < -0.3 is 4.74 Å². The summed E-state index contributed by atoms with van der Waals surface area (Å²) >= 11 is 10.4. The maximum absolute atomic E-state index is 13.2. The number of ether oxygens (including phenoxy) is 1. The summed E-state index contributed by atoms with van der Waals surface area (Å²) in [5.74, 6) is 0.482. The van der Waals surface area contributed by atoms with Crippen molar-refractivity contribution in [1.82, 2.24) is 9.97 Å². The number of aromatic nitrogens is 2. The molecule has 2 heterocycles. The van der Waals surface area contributed by atoms with Crippen LogP contribution in [-0.2, 0) is 0 Å². The number of nitrogens with zero attached hydrogens (tertiary/aromatic N) is 2. The van der Waals surface area contributed by atoms with Crippen LogP contribution in [0.2, 0.25) is 5.28 Å². The molecule has 3 aromatic rings. The molecule has 3 nitrogen and oxygen atoms in total. The molecule has 0 fully saturated rings. The van der Waals surface area contributed by atoms with Crippen molar-refractivity contribution >= 4 is 49.1 Å². The van der Waals surface area contributed by atoms with E-state index in [1.165, 1.54) is 29.5 Å². The minimum atomic E-state index is -0.352. The van der Waals surface area contributed by atoms with Crippen molar-refractivity contribution in [2.75, 3.05) is 0 Å². The van der Waals surface area contributed by atoms with Crippen molar-refractivity contribution < 1.29 is 9.13 Å². The van der Waals surface area contributed by atoms with Crippen LogP contribution in [-0.4, -0.2) is 9.97 Å². The Morgan fingerprint density at radius 2 is 2.11 bits per heavy atom. The third kappa shape index (κ3) is 2.56. The Bertz CT molecular complexity index is 765. The van der Waals surface area contributed by atoms with Crippen molar-refractivity contribution in [3.05, 3.63) is 45.2 Å². The zero-order chi connectivity index (χ0) is 13.4. The number of halogens is 3. The van der Waals surface area contributed by atoms with Gasteiger partial charge in [-0.05, 0) is 57.2 Å². The van der Waals surface area contributed by atoms with Gasteiger partial charge in [0.05, 0.1) is 9.99 Å². The van der Waals surface area contributed by atoms with Gasteiger partial charge in [0.25, 0.3) is 0 Å². The SMILES string of the molecule is Fc1ccc(Oc2nc(Cl)nc3ccsc23)cc1Br. The summed E-state index contributed by atoms with van der Waals surface area (Å²) in [7, 11) is 0. The predicted octanol–water partition coefficient (Wildman–Crippen LogP) is 5.04. The summed E-state index contributed by atoms with van der Waals surface area (Å²) in [5, 5.41) is 1.99. The van der Waals surface area contributed by atoms with Gasteiger partial charge in [-0.25, -0.2) is 9.37 Å². The van der Waals surface area contributed by atoms with E-state index in [4.69, 9.17) is 16.3 Å². The van der Waals surface area contributed by atoms with E-state index in [1.54, 1.807) is 0 Å². The van der Waals surface area contributed by atoms with E-state index < -0.39 is 0 Å². The molecule has 3 rings (SSSR count). The lowest BCUT2D eigenvalue weighted by molar-refractivity contribution is 0.466. The van der Waals surface area contributed by atoms with Crippen LogP contribution in [0.15, 0.2) is 34.1 Å². The molecular formula is C12H5BrClFN2OS. The molecule has 0 bridgehead atoms. The molecule has 1 aromatic carbocycles. The molecule has 0 unspecified atom stereocenters. The lowest BCUT2D eigenvalue weighted by Gasteiger charge is -2.06. The van der Waals surface area contributed by atoms with Gasteiger partial charge in [-0.3, -0.25) is 0 Å². The van der Waals surface area contributed by atoms with E-state index in [-0.39, 0.29) is 11.1 Å². The Hall–Kier alpha value is -1.24. The van der Waals surface area contributed by atoms with E-state index in [0.29, 0.717) is 16.1 Å². The van der Waals surface area contributed by atoms with Gasteiger partial charge in [0.15, 0.2) is 0 Å². The zero-order valence-corrected chi connectivity index (χ0v) is 12.4. The van der Waals surface area contributed by atoms with Gasteiger partial charge in [-0.15, -0.1) is 11.3 Å². The number of fused-ring (bicyclic) bond motifs is 1. The smallest absolute Gasteiger partial charge is 0.241 e. The number of hydrogen-bond donors (Lipinski definition) is 0. The Kier molecular flexibility index (Phi) is 3.38. The van der Waals surface area contributed by atoms with Crippen molar-refractivity contribution in [2.45, 2.75) is 0 Å². The molecule has 2 aromatic heterocycles. The molecule has 96 valence electrons. The number of hydrogen-bond acceptors (Lipinski definition) is 4. The Balaban J connectivity index is 2.04. The first-order valence-electron chi connectivity index (χ1n) is 5.17. The lowest BCUT2D eigenvalue weighted by atomic mass is 10.3. The monoisotopic (exact) mass is 358 g/mol. The van der Waals surface area contributed by atoms with E-state index in [1.807, 2.05) is 11.4 Å². The van der Waals surface area contributed by atoms with Gasteiger partial charge in [0, 0.05) is 0 Å². The highest BCUT2D eigenvalue weighted by molar-refractivity contribution is 9.10. The first kappa shape index (κ1) is 12.8. The highest BCUT2D eigenvalue weighted by Gasteiger charge is 2.11. The Morgan fingerprint density at radius 3 is 2.89 bits per heavy atom. The summed E-state index contributed by atoms with van der Waals surface area (Å²) in [6.45, 7) is 0. The maximum atomic E-state index is 13.2. The maximum Gasteiger partial charge on any atom is 0.241 e. The largest absolute Gasteiger partial charge is 0.437 e. The van der Waals surface area contributed by atoms with Crippen molar-refractivity contribution in [3.8, 4) is 11.6 Å². The summed E-state index contributed by atoms with van der Waals surface area (Å²) in [5.41, 5.74) is 0.723. The Labute approximate surface area is 125 Å². The fourth-order valence-corrected chi connectivity index (χ4v) is 2.81. The molecule has 0 aliphatic heterocycles. The van der Waals surface area contributed by atoms with Gasteiger partial charge in [0.1, 0.15) is 16.3 Å². The van der Waals surface area contributed by atoms with Crippen molar-refractivity contribution in [3.63, 3.8) is 0 Å². The minimum absolute atomic E-state index is 0.113. The first-order chi connectivity index (χ1) is 9.13. The fraction of sp³-hybridized carbons (Fsp3) is 0. The second-order valence-electron chi connectivity index (χ2n) is 3.61. The zero-order valence-electron chi connectivity index (χ0n) is 9.23. The normalized spacial score (nSPS) is 10.9. The van der Waals surface area contributed by atoms with Crippen LogP contribution in [0.25, 0.3) is 10.2 Å². The molecule has 0 spiro atoms. The molecule has 7 heteroatoms. The average molecular weight is 360 g/mol. The van der Waals surface area contributed by atoms with Crippen LogP contribution < -0.4 is 4.74 Å². The second-order valence-corrected chi connectivity index (χ2v) is 5.72. The van der Waals surface area contributed by atoms with Crippen LogP contribution in [0.5, 0.6) is 11.6 Å². The summed E-state index contributed by atoms with van der Waals surface area (Å²) in [6.07, 6.45) is 0. The average Bonchev–Trinajstić information content (AvgIpc) is 2.82. The van der Waals surface area contributed by atoms with Crippen LogP contribution in [0.3, 0.4) is 0 Å². The Morgan fingerprint density at radius 1 is 1.26 bits per heavy atom. The van der Waals surface area contributed by atoms with Crippen LogP contribution in [0.4, 0.5) is 4.39 Å². The third-order valence-electron chi connectivity index (χ3n) is 2.35. The predicted molar refractivity (Wildman–Crippen MR) is 76.6 cm³/mol. The highest BCUT2D eigenvalue weighted by Crippen LogP contribution is 2.33. The second kappa shape index (κ2) is 5.03. The van der Waals surface area contributed by atoms with Gasteiger partial charge in [-0.1, -0.05) is 0 Å².